The van der Waals surface area contributed by atoms with E-state index in [9.17, 15) is 5.11 Å². The first-order valence-electron chi connectivity index (χ1n) is 6.28. The van der Waals surface area contributed by atoms with Crippen molar-refractivity contribution in [3.63, 3.8) is 0 Å². The van der Waals surface area contributed by atoms with E-state index in [-0.39, 0.29) is 0 Å². The van der Waals surface area contributed by atoms with Gasteiger partial charge in [-0.25, -0.2) is 0 Å². The van der Waals surface area contributed by atoms with Crippen LogP contribution in [0.4, 0.5) is 0 Å². The highest BCUT2D eigenvalue weighted by Gasteiger charge is 2.30. The van der Waals surface area contributed by atoms with E-state index in [1.54, 1.807) is 0 Å². The van der Waals surface area contributed by atoms with Gasteiger partial charge in [-0.1, -0.05) is 18.2 Å². The van der Waals surface area contributed by atoms with Crippen molar-refractivity contribution < 1.29 is 9.84 Å². The Morgan fingerprint density at radius 1 is 1.35 bits per heavy atom. The van der Waals surface area contributed by atoms with Crippen LogP contribution in [0.25, 0.3) is 0 Å². The minimum atomic E-state index is -0.486. The van der Waals surface area contributed by atoms with Crippen molar-refractivity contribution >= 4 is 0 Å². The third-order valence-electron chi connectivity index (χ3n) is 3.16. The smallest absolute Gasteiger partial charge is 0.119 e. The van der Waals surface area contributed by atoms with Gasteiger partial charge in [0.25, 0.3) is 0 Å². The van der Waals surface area contributed by atoms with E-state index in [0.717, 1.165) is 44.8 Å². The van der Waals surface area contributed by atoms with Gasteiger partial charge in [0, 0.05) is 19.6 Å². The predicted molar refractivity (Wildman–Crippen MR) is 68.2 cm³/mol. The molecule has 3 heteroatoms. The second-order valence-corrected chi connectivity index (χ2v) is 5.04. The second kappa shape index (κ2) is 5.52. The fraction of sp³-hybridized carbons (Fsp3) is 0.571. The number of rotatable bonds is 5. The molecule has 0 radical (unpaired) electrons. The number of ether oxygens (including phenoxy) is 1. The number of likely N-dealkylation sites (tertiary alicyclic amines) is 1. The molecule has 1 heterocycles. The summed E-state index contributed by atoms with van der Waals surface area (Å²) in [7, 11) is 0. The fourth-order valence-electron chi connectivity index (χ4n) is 2.22. The summed E-state index contributed by atoms with van der Waals surface area (Å²) in [5, 5.41) is 9.83. The molecule has 0 bridgehead atoms. The zero-order chi connectivity index (χ0) is 12.1. The van der Waals surface area contributed by atoms with E-state index in [1.165, 1.54) is 0 Å². The van der Waals surface area contributed by atoms with E-state index in [4.69, 9.17) is 4.74 Å². The molecule has 1 aromatic rings. The maximum atomic E-state index is 9.83. The maximum absolute atomic E-state index is 9.83. The van der Waals surface area contributed by atoms with Crippen molar-refractivity contribution in [2.45, 2.75) is 25.4 Å². The largest absolute Gasteiger partial charge is 0.494 e. The van der Waals surface area contributed by atoms with Crippen LogP contribution in [0.2, 0.25) is 0 Å². The molecule has 17 heavy (non-hydrogen) atoms. The van der Waals surface area contributed by atoms with Crippen LogP contribution in [0.15, 0.2) is 30.3 Å². The molecule has 1 aliphatic heterocycles. The van der Waals surface area contributed by atoms with Crippen LogP contribution in [-0.2, 0) is 0 Å². The molecule has 1 N–H and O–H groups in total. The molecule has 1 aromatic carbocycles. The number of hydrogen-bond acceptors (Lipinski definition) is 3. The lowest BCUT2D eigenvalue weighted by Gasteiger charge is -2.18. The van der Waals surface area contributed by atoms with Crippen LogP contribution in [-0.4, -0.2) is 41.8 Å². The summed E-state index contributed by atoms with van der Waals surface area (Å²) in [5.74, 6) is 0.931. The van der Waals surface area contributed by atoms with Gasteiger partial charge in [-0.3, -0.25) is 0 Å². The highest BCUT2D eigenvalue weighted by molar-refractivity contribution is 5.20. The van der Waals surface area contributed by atoms with Crippen LogP contribution in [0.5, 0.6) is 5.75 Å². The third-order valence-corrected chi connectivity index (χ3v) is 3.16. The first-order valence-corrected chi connectivity index (χ1v) is 6.28. The molecule has 1 atom stereocenters. The number of β-amino-alcohol motifs (C(OH)–C–C–N with tert-alkyl or cyclic N) is 1. The van der Waals surface area contributed by atoms with Crippen LogP contribution < -0.4 is 4.74 Å². The Bertz CT molecular complexity index is 337. The molecule has 1 unspecified atom stereocenters. The van der Waals surface area contributed by atoms with Crippen molar-refractivity contribution in [1.82, 2.24) is 4.90 Å². The van der Waals surface area contributed by atoms with E-state index in [2.05, 4.69) is 4.90 Å². The molecular weight excluding hydrogens is 214 g/mol. The topological polar surface area (TPSA) is 32.7 Å². The molecule has 1 aliphatic rings. The molecule has 94 valence electrons. The number of nitrogens with zero attached hydrogens (tertiary/aromatic N) is 1. The summed E-state index contributed by atoms with van der Waals surface area (Å²) in [6.07, 6.45) is 1.89. The quantitative estimate of drug-likeness (QED) is 0.791. The lowest BCUT2D eigenvalue weighted by Crippen LogP contribution is -2.30. The Morgan fingerprint density at radius 3 is 2.76 bits per heavy atom. The van der Waals surface area contributed by atoms with Crippen LogP contribution >= 0.6 is 0 Å². The van der Waals surface area contributed by atoms with Gasteiger partial charge in [-0.2, -0.15) is 0 Å². The predicted octanol–water partition coefficient (Wildman–Crippen LogP) is 1.91. The summed E-state index contributed by atoms with van der Waals surface area (Å²) in [6.45, 7) is 5.44. The molecule has 0 aromatic heterocycles. The van der Waals surface area contributed by atoms with E-state index < -0.39 is 5.60 Å². The van der Waals surface area contributed by atoms with Crippen LogP contribution in [0.3, 0.4) is 0 Å². The molecule has 2 rings (SSSR count). The molecule has 3 nitrogen and oxygen atoms in total. The van der Waals surface area contributed by atoms with Crippen molar-refractivity contribution in [2.75, 3.05) is 26.2 Å². The summed E-state index contributed by atoms with van der Waals surface area (Å²) >= 11 is 0. The van der Waals surface area contributed by atoms with E-state index in [0.29, 0.717) is 0 Å². The van der Waals surface area contributed by atoms with Gasteiger partial charge >= 0.3 is 0 Å². The lowest BCUT2D eigenvalue weighted by molar-refractivity contribution is 0.0681. The average molecular weight is 235 g/mol. The van der Waals surface area contributed by atoms with Gasteiger partial charge < -0.3 is 14.7 Å². The Morgan fingerprint density at radius 2 is 2.12 bits per heavy atom. The van der Waals surface area contributed by atoms with Crippen LogP contribution in [0.1, 0.15) is 19.8 Å². The summed E-state index contributed by atoms with van der Waals surface area (Å²) in [6, 6.07) is 9.89. The standard InChI is InChI=1S/C14H21NO2/c1-14(16)8-10-15(12-14)9-5-11-17-13-6-3-2-4-7-13/h2-4,6-7,16H,5,8-12H2,1H3. The summed E-state index contributed by atoms with van der Waals surface area (Å²) in [5.41, 5.74) is -0.486. The minimum absolute atomic E-state index is 0.486. The van der Waals surface area contributed by atoms with Crippen molar-refractivity contribution in [2.24, 2.45) is 0 Å². The van der Waals surface area contributed by atoms with Gasteiger partial charge in [0.2, 0.25) is 0 Å². The van der Waals surface area contributed by atoms with Crippen molar-refractivity contribution in [1.29, 1.82) is 0 Å². The monoisotopic (exact) mass is 235 g/mol. The van der Waals surface area contributed by atoms with Crippen molar-refractivity contribution in [3.05, 3.63) is 30.3 Å². The third kappa shape index (κ3) is 4.02. The first kappa shape index (κ1) is 12.4. The number of aliphatic hydroxyl groups is 1. The lowest BCUT2D eigenvalue weighted by atomic mass is 10.1. The highest BCUT2D eigenvalue weighted by Crippen LogP contribution is 2.20. The normalized spacial score (nSPS) is 25.1. The Balaban J connectivity index is 1.61. The van der Waals surface area contributed by atoms with Gasteiger partial charge in [-0.15, -0.1) is 0 Å². The Labute approximate surface area is 103 Å². The minimum Gasteiger partial charge on any atom is -0.494 e. The number of benzene rings is 1. The Kier molecular flexibility index (Phi) is 4.02. The zero-order valence-electron chi connectivity index (χ0n) is 10.4. The molecule has 0 amide bonds. The molecule has 0 spiro atoms. The highest BCUT2D eigenvalue weighted by atomic mass is 16.5. The zero-order valence-corrected chi connectivity index (χ0v) is 10.4. The molecule has 1 fully saturated rings. The maximum Gasteiger partial charge on any atom is 0.119 e. The van der Waals surface area contributed by atoms with Gasteiger partial charge in [-0.05, 0) is 31.9 Å². The summed E-state index contributed by atoms with van der Waals surface area (Å²) < 4.78 is 5.63. The molecular formula is C14H21NO2. The van der Waals surface area contributed by atoms with Gasteiger partial charge in [0.1, 0.15) is 5.75 Å². The van der Waals surface area contributed by atoms with Gasteiger partial charge in [0.15, 0.2) is 0 Å². The SMILES string of the molecule is CC1(O)CCN(CCCOc2ccccc2)C1. The molecule has 1 saturated heterocycles. The first-order chi connectivity index (χ1) is 8.16. The molecule has 0 saturated carbocycles. The number of hydrogen-bond donors (Lipinski definition) is 1. The molecule has 0 aliphatic carbocycles. The van der Waals surface area contributed by atoms with E-state index in [1.807, 2.05) is 37.3 Å². The second-order valence-electron chi connectivity index (χ2n) is 5.04. The Hall–Kier alpha value is -1.06. The summed E-state index contributed by atoms with van der Waals surface area (Å²) in [4.78, 5) is 2.30. The van der Waals surface area contributed by atoms with Crippen LogP contribution in [0, 0.1) is 0 Å². The fourth-order valence-corrected chi connectivity index (χ4v) is 2.22. The number of para-hydroxylation sites is 1. The van der Waals surface area contributed by atoms with Crippen molar-refractivity contribution in [3.8, 4) is 5.75 Å². The average Bonchev–Trinajstić information content (AvgIpc) is 2.66. The van der Waals surface area contributed by atoms with E-state index >= 15 is 0 Å². The van der Waals surface area contributed by atoms with Gasteiger partial charge in [0.05, 0.1) is 12.2 Å².